The normalized spacial score (nSPS) is 15.5. The summed E-state index contributed by atoms with van der Waals surface area (Å²) in [4.78, 5) is 23.1. The van der Waals surface area contributed by atoms with Crippen LogP contribution in [0, 0.1) is 0 Å². The molecule has 0 aliphatic carbocycles. The van der Waals surface area contributed by atoms with E-state index in [1.54, 1.807) is 0 Å². The van der Waals surface area contributed by atoms with Crippen LogP contribution in [0.5, 0.6) is 0 Å². The molecule has 194 valence electrons. The molecule has 0 rings (SSSR count). The zero-order chi connectivity index (χ0) is 26.7. The first kappa shape index (κ1) is 30.9. The molecule has 0 spiro atoms. The Morgan fingerprint density at radius 1 is 0.970 bits per heavy atom. The number of halogens is 10. The molecule has 33 heavy (non-hydrogen) atoms. The topological polar surface area (TPSA) is 119 Å². The van der Waals surface area contributed by atoms with Gasteiger partial charge in [-0.15, -0.1) is 0 Å². The van der Waals surface area contributed by atoms with Crippen molar-refractivity contribution in [2.75, 3.05) is 13.7 Å². The van der Waals surface area contributed by atoms with Crippen molar-refractivity contribution < 1.29 is 75.9 Å². The lowest BCUT2D eigenvalue weighted by Gasteiger charge is -2.33. The van der Waals surface area contributed by atoms with Crippen LogP contribution in [0.2, 0.25) is 0 Å². The van der Waals surface area contributed by atoms with Gasteiger partial charge in [-0.3, -0.25) is 9.35 Å². The second-order valence-corrected chi connectivity index (χ2v) is 7.52. The number of esters is 1. The van der Waals surface area contributed by atoms with E-state index in [0.717, 1.165) is 0 Å². The highest BCUT2D eigenvalue weighted by atomic mass is 32.2. The van der Waals surface area contributed by atoms with Gasteiger partial charge in [0.1, 0.15) is 5.57 Å². The van der Waals surface area contributed by atoms with Crippen LogP contribution in [-0.2, 0) is 29.2 Å². The first-order valence-corrected chi connectivity index (χ1v) is 9.57. The number of nitrogens with one attached hydrogen (secondary N) is 1. The lowest BCUT2D eigenvalue weighted by molar-refractivity contribution is -0.347. The molecule has 0 heterocycles. The number of carbonyl (C=O) groups is 2. The highest BCUT2D eigenvalue weighted by Gasteiger charge is 2.67. The fraction of sp³-hybridized carbons (Fsp3) is 0.714. The molecule has 0 aromatic rings. The van der Waals surface area contributed by atoms with Gasteiger partial charge in [-0.2, -0.15) is 52.3 Å². The van der Waals surface area contributed by atoms with E-state index >= 15 is 0 Å². The fourth-order valence-electron chi connectivity index (χ4n) is 1.88. The third kappa shape index (κ3) is 6.92. The Morgan fingerprint density at radius 2 is 1.45 bits per heavy atom. The van der Waals surface area contributed by atoms with Crippen LogP contribution in [0.15, 0.2) is 12.2 Å². The lowest BCUT2D eigenvalue weighted by atomic mass is 10.1. The molecule has 0 aliphatic rings. The van der Waals surface area contributed by atoms with Gasteiger partial charge in [0.15, 0.2) is 0 Å². The van der Waals surface area contributed by atoms with Crippen LogP contribution in [0.3, 0.4) is 0 Å². The van der Waals surface area contributed by atoms with E-state index in [1.165, 1.54) is 5.32 Å². The number of hydrogen-bond acceptors (Lipinski definition) is 6. The molecule has 0 aliphatic heterocycles. The maximum atomic E-state index is 13.4. The molecule has 1 atom stereocenters. The molecule has 1 amide bonds. The van der Waals surface area contributed by atoms with E-state index in [1.807, 2.05) is 0 Å². The van der Waals surface area contributed by atoms with Crippen LogP contribution < -0.4 is 5.32 Å². The Hall–Kier alpha value is -2.15. The standard InChI is InChI=1S/C14H15F10NO7S/c1-7(12(17,18)19)8(26)32-11(9(27)25-2,13(20,21)22)31-6-4-3-5-10(15,16)14(23,24)33(28,29)30/h1,3-6H2,2H3,(H,25,27)(H,28,29,30). The van der Waals surface area contributed by atoms with Gasteiger partial charge >= 0.3 is 51.3 Å². The van der Waals surface area contributed by atoms with Gasteiger partial charge in [-0.1, -0.05) is 6.58 Å². The maximum absolute atomic E-state index is 13.4. The Kier molecular flexibility index (Phi) is 9.35. The number of rotatable bonds is 11. The number of alkyl halides is 10. The molecule has 0 bridgehead atoms. The van der Waals surface area contributed by atoms with Gasteiger partial charge in [0.25, 0.3) is 0 Å². The van der Waals surface area contributed by atoms with Crippen molar-refractivity contribution in [3.8, 4) is 0 Å². The first-order chi connectivity index (χ1) is 14.5. The molecule has 0 saturated carbocycles. The van der Waals surface area contributed by atoms with Crippen molar-refractivity contribution >= 4 is 22.0 Å². The summed E-state index contributed by atoms with van der Waals surface area (Å²) in [7, 11) is -6.03. The quantitative estimate of drug-likeness (QED) is 0.105. The van der Waals surface area contributed by atoms with Crippen molar-refractivity contribution in [3.05, 3.63) is 12.2 Å². The SMILES string of the molecule is C=C(C(=O)OC(OCCCCC(F)(F)C(F)(F)S(=O)(=O)O)(C(=O)NC)C(F)(F)F)C(F)(F)F. The van der Waals surface area contributed by atoms with Crippen molar-refractivity contribution in [1.82, 2.24) is 5.32 Å². The second kappa shape index (κ2) is 10.00. The van der Waals surface area contributed by atoms with Crippen molar-refractivity contribution in [2.24, 2.45) is 0 Å². The number of likely N-dealkylation sites (N-methyl/N-ethyl adjacent to an activating group) is 1. The Morgan fingerprint density at radius 3 is 1.82 bits per heavy atom. The number of ether oxygens (including phenoxy) is 2. The van der Waals surface area contributed by atoms with Gasteiger partial charge in [0.2, 0.25) is 0 Å². The molecule has 0 radical (unpaired) electrons. The van der Waals surface area contributed by atoms with Gasteiger partial charge in [0.05, 0.1) is 6.61 Å². The van der Waals surface area contributed by atoms with Crippen molar-refractivity contribution in [1.29, 1.82) is 0 Å². The molecule has 2 N–H and O–H groups in total. The van der Waals surface area contributed by atoms with Crippen LogP contribution in [0.4, 0.5) is 43.9 Å². The zero-order valence-corrected chi connectivity index (χ0v) is 16.9. The highest BCUT2D eigenvalue weighted by molar-refractivity contribution is 7.87. The maximum Gasteiger partial charge on any atom is 0.466 e. The molecule has 0 fully saturated rings. The van der Waals surface area contributed by atoms with E-state index < -0.39 is 82.8 Å². The third-order valence-corrected chi connectivity index (χ3v) is 4.61. The number of unbranched alkanes of at least 4 members (excludes halogenated alkanes) is 1. The van der Waals surface area contributed by atoms with Gasteiger partial charge in [-0.05, 0) is 12.8 Å². The largest absolute Gasteiger partial charge is 0.466 e. The Balaban J connectivity index is 5.58. The van der Waals surface area contributed by atoms with E-state index in [0.29, 0.717) is 7.05 Å². The molecular formula is C14H15F10NO7S. The lowest BCUT2D eigenvalue weighted by Crippen LogP contribution is -2.61. The summed E-state index contributed by atoms with van der Waals surface area (Å²) in [5.74, 6) is -15.2. The monoisotopic (exact) mass is 531 g/mol. The van der Waals surface area contributed by atoms with Crippen LogP contribution in [0.25, 0.3) is 0 Å². The van der Waals surface area contributed by atoms with Crippen molar-refractivity contribution in [2.45, 2.75) is 48.6 Å². The summed E-state index contributed by atoms with van der Waals surface area (Å²) in [6.45, 7) is 0.699. The van der Waals surface area contributed by atoms with E-state index in [4.69, 9.17) is 4.55 Å². The minimum atomic E-state index is -6.57. The minimum Gasteiger partial charge on any atom is -0.412 e. The highest BCUT2D eigenvalue weighted by Crippen LogP contribution is 2.42. The van der Waals surface area contributed by atoms with Gasteiger partial charge < -0.3 is 14.8 Å². The van der Waals surface area contributed by atoms with Gasteiger partial charge in [-0.25, -0.2) is 4.79 Å². The number of amides is 1. The fourth-order valence-corrected chi connectivity index (χ4v) is 2.36. The van der Waals surface area contributed by atoms with Crippen LogP contribution in [-0.4, -0.2) is 67.8 Å². The van der Waals surface area contributed by atoms with Crippen LogP contribution >= 0.6 is 0 Å². The first-order valence-electron chi connectivity index (χ1n) is 8.13. The van der Waals surface area contributed by atoms with E-state index in [2.05, 4.69) is 16.1 Å². The smallest absolute Gasteiger partial charge is 0.412 e. The van der Waals surface area contributed by atoms with Crippen LogP contribution in [0.1, 0.15) is 19.3 Å². The zero-order valence-electron chi connectivity index (χ0n) is 16.1. The average molecular weight is 531 g/mol. The Labute approximate surface area is 178 Å². The summed E-state index contributed by atoms with van der Waals surface area (Å²) >= 11 is 0. The van der Waals surface area contributed by atoms with Crippen molar-refractivity contribution in [3.63, 3.8) is 0 Å². The molecule has 8 nitrogen and oxygen atoms in total. The van der Waals surface area contributed by atoms with E-state index in [-0.39, 0.29) is 0 Å². The second-order valence-electron chi connectivity index (χ2n) is 6.06. The predicted molar refractivity (Wildman–Crippen MR) is 85.4 cm³/mol. The number of hydrogen-bond donors (Lipinski definition) is 2. The molecule has 19 heteroatoms. The molecular weight excluding hydrogens is 516 g/mol. The molecule has 1 unspecified atom stereocenters. The molecule has 0 aromatic heterocycles. The third-order valence-electron chi connectivity index (χ3n) is 3.66. The average Bonchev–Trinajstić information content (AvgIpc) is 2.62. The predicted octanol–water partition coefficient (Wildman–Crippen LogP) is 2.96. The molecule has 0 saturated heterocycles. The summed E-state index contributed by atoms with van der Waals surface area (Å²) in [6, 6.07) is 0. The minimum absolute atomic E-state index is 0.538. The summed E-state index contributed by atoms with van der Waals surface area (Å²) in [5.41, 5.74) is -2.46. The van der Waals surface area contributed by atoms with E-state index in [9.17, 15) is 61.9 Å². The summed E-state index contributed by atoms with van der Waals surface area (Å²) in [6.07, 6.45) is -15.9. The molecule has 0 aromatic carbocycles. The number of carbonyl (C=O) groups excluding carboxylic acids is 2. The summed E-state index contributed by atoms with van der Waals surface area (Å²) < 4.78 is 167. The summed E-state index contributed by atoms with van der Waals surface area (Å²) in [5, 5.41) is -4.64. The van der Waals surface area contributed by atoms with Gasteiger partial charge in [0, 0.05) is 13.5 Å². The Bertz CT molecular complexity index is 853.